The van der Waals surface area contributed by atoms with Crippen LogP contribution in [0.3, 0.4) is 0 Å². The van der Waals surface area contributed by atoms with E-state index in [1.54, 1.807) is 55.5 Å². The van der Waals surface area contributed by atoms with Crippen LogP contribution in [0, 0.1) is 5.41 Å². The van der Waals surface area contributed by atoms with Crippen LogP contribution < -0.4 is 5.32 Å². The topological polar surface area (TPSA) is 86.7 Å². The number of aliphatic carboxylic acids is 1. The molecule has 2 aromatic rings. The van der Waals surface area contributed by atoms with E-state index in [0.717, 1.165) is 0 Å². The molecule has 2 N–H and O–H groups in total. The van der Waals surface area contributed by atoms with Crippen LogP contribution in [0.1, 0.15) is 29.3 Å². The molecule has 1 saturated heterocycles. The molecule has 0 saturated carbocycles. The minimum Gasteiger partial charge on any atom is -0.481 e. The zero-order valence-corrected chi connectivity index (χ0v) is 14.4. The van der Waals surface area contributed by atoms with Gasteiger partial charge in [-0.3, -0.25) is 9.59 Å². The molecule has 1 atom stereocenters. The number of urea groups is 1. The number of carboxylic acids is 1. The molecule has 134 valence electrons. The van der Waals surface area contributed by atoms with Gasteiger partial charge in [-0.05, 0) is 25.5 Å². The number of likely N-dealkylation sites (tertiary alicyclic amines) is 1. The van der Waals surface area contributed by atoms with Crippen LogP contribution in [0.2, 0.25) is 0 Å². The summed E-state index contributed by atoms with van der Waals surface area (Å²) in [4.78, 5) is 37.7. The molecule has 6 heteroatoms. The van der Waals surface area contributed by atoms with E-state index >= 15 is 0 Å². The lowest BCUT2D eigenvalue weighted by molar-refractivity contribution is -0.146. The van der Waals surface area contributed by atoms with E-state index < -0.39 is 11.4 Å². The van der Waals surface area contributed by atoms with Gasteiger partial charge in [-0.1, -0.05) is 42.5 Å². The van der Waals surface area contributed by atoms with Gasteiger partial charge in [0.05, 0.1) is 5.41 Å². The van der Waals surface area contributed by atoms with Crippen molar-refractivity contribution in [3.8, 4) is 0 Å². The Morgan fingerprint density at radius 3 is 2.38 bits per heavy atom. The van der Waals surface area contributed by atoms with Crippen LogP contribution in [-0.4, -0.2) is 40.9 Å². The average molecular weight is 352 g/mol. The minimum atomic E-state index is -0.914. The highest BCUT2D eigenvalue weighted by atomic mass is 16.4. The molecule has 1 fully saturated rings. The van der Waals surface area contributed by atoms with Gasteiger partial charge in [0.1, 0.15) is 0 Å². The number of carbonyl (C=O) groups excluding carboxylic acids is 2. The second-order valence-corrected chi connectivity index (χ2v) is 6.74. The Bertz CT molecular complexity index is 850. The van der Waals surface area contributed by atoms with E-state index in [-0.39, 0.29) is 18.4 Å². The second kappa shape index (κ2) is 7.00. The summed E-state index contributed by atoms with van der Waals surface area (Å²) < 4.78 is 0. The molecular formula is C20H20N2O4. The van der Waals surface area contributed by atoms with Gasteiger partial charge in [0, 0.05) is 29.9 Å². The number of amides is 2. The number of ketones is 1. The van der Waals surface area contributed by atoms with E-state index in [4.69, 9.17) is 0 Å². The number of benzene rings is 2. The normalized spacial score (nSPS) is 19.2. The van der Waals surface area contributed by atoms with Crippen LogP contribution in [0.15, 0.2) is 54.6 Å². The lowest BCUT2D eigenvalue weighted by Crippen LogP contribution is -2.37. The molecule has 2 aromatic carbocycles. The molecule has 6 nitrogen and oxygen atoms in total. The molecule has 0 bridgehead atoms. The SMILES string of the molecule is CC1(C(=O)O)CCN(C(=O)Nc2cccc(C(=O)c3ccccc3)c2)C1. The Labute approximate surface area is 151 Å². The molecule has 3 rings (SSSR count). The van der Waals surface area contributed by atoms with Gasteiger partial charge < -0.3 is 15.3 Å². The third-order valence-corrected chi connectivity index (χ3v) is 4.69. The first-order chi connectivity index (χ1) is 12.4. The first-order valence-corrected chi connectivity index (χ1v) is 8.38. The molecule has 2 amide bonds. The maximum absolute atomic E-state index is 12.5. The first-order valence-electron chi connectivity index (χ1n) is 8.38. The summed E-state index contributed by atoms with van der Waals surface area (Å²) in [5, 5.41) is 12.0. The van der Waals surface area contributed by atoms with E-state index in [1.165, 1.54) is 4.90 Å². The fourth-order valence-electron chi connectivity index (χ4n) is 3.01. The number of anilines is 1. The van der Waals surface area contributed by atoms with Crippen LogP contribution in [-0.2, 0) is 4.79 Å². The van der Waals surface area contributed by atoms with E-state index in [9.17, 15) is 19.5 Å². The van der Waals surface area contributed by atoms with Gasteiger partial charge in [-0.25, -0.2) is 4.79 Å². The van der Waals surface area contributed by atoms with Crippen molar-refractivity contribution in [1.82, 2.24) is 4.90 Å². The lowest BCUT2D eigenvalue weighted by atomic mass is 9.90. The Hall–Kier alpha value is -3.15. The van der Waals surface area contributed by atoms with Gasteiger partial charge in [0.15, 0.2) is 5.78 Å². The predicted octanol–water partition coefficient (Wildman–Crippen LogP) is 3.25. The third-order valence-electron chi connectivity index (χ3n) is 4.69. The van der Waals surface area contributed by atoms with Crippen LogP contribution >= 0.6 is 0 Å². The largest absolute Gasteiger partial charge is 0.481 e. The maximum Gasteiger partial charge on any atom is 0.321 e. The van der Waals surface area contributed by atoms with Crippen molar-refractivity contribution in [3.63, 3.8) is 0 Å². The van der Waals surface area contributed by atoms with E-state index in [2.05, 4.69) is 5.32 Å². The highest BCUT2D eigenvalue weighted by molar-refractivity contribution is 6.09. The zero-order valence-electron chi connectivity index (χ0n) is 14.4. The molecule has 0 aromatic heterocycles. The monoisotopic (exact) mass is 352 g/mol. The summed E-state index contributed by atoms with van der Waals surface area (Å²) in [7, 11) is 0. The number of carbonyl (C=O) groups is 3. The van der Waals surface area contributed by atoms with Crippen molar-refractivity contribution < 1.29 is 19.5 Å². The van der Waals surface area contributed by atoms with Crippen molar-refractivity contribution in [3.05, 3.63) is 65.7 Å². The Kier molecular flexibility index (Phi) is 4.75. The number of hydrogen-bond acceptors (Lipinski definition) is 3. The zero-order chi connectivity index (χ0) is 18.7. The van der Waals surface area contributed by atoms with Crippen LogP contribution in [0.25, 0.3) is 0 Å². The summed E-state index contributed by atoms with van der Waals surface area (Å²) in [5.74, 6) is -1.02. The summed E-state index contributed by atoms with van der Waals surface area (Å²) >= 11 is 0. The standard InChI is InChI=1S/C20H20N2O4/c1-20(18(24)25)10-11-22(13-20)19(26)21-16-9-5-8-15(12-16)17(23)14-6-3-2-4-7-14/h2-9,12H,10-11,13H2,1H3,(H,21,26)(H,24,25). The Morgan fingerprint density at radius 1 is 1.04 bits per heavy atom. The predicted molar refractivity (Wildman–Crippen MR) is 97.3 cm³/mol. The summed E-state index contributed by atoms with van der Waals surface area (Å²) in [6.07, 6.45) is 0.419. The summed E-state index contributed by atoms with van der Waals surface area (Å²) in [5.41, 5.74) is 0.641. The van der Waals surface area contributed by atoms with Crippen LogP contribution in [0.4, 0.5) is 10.5 Å². The molecule has 1 aliphatic rings. The Balaban J connectivity index is 1.70. The first kappa shape index (κ1) is 17.7. The van der Waals surface area contributed by atoms with Crippen LogP contribution in [0.5, 0.6) is 0 Å². The van der Waals surface area contributed by atoms with Crippen molar-refractivity contribution in [2.24, 2.45) is 5.41 Å². The quantitative estimate of drug-likeness (QED) is 0.827. The van der Waals surface area contributed by atoms with Crippen molar-refractivity contribution in [2.75, 3.05) is 18.4 Å². The fourth-order valence-corrected chi connectivity index (χ4v) is 3.01. The molecular weight excluding hydrogens is 332 g/mol. The number of rotatable bonds is 4. The summed E-state index contributed by atoms with van der Waals surface area (Å²) in [6.45, 7) is 2.19. The number of nitrogens with one attached hydrogen (secondary N) is 1. The fraction of sp³-hybridized carbons (Fsp3) is 0.250. The lowest BCUT2D eigenvalue weighted by Gasteiger charge is -2.20. The van der Waals surface area contributed by atoms with Gasteiger partial charge in [-0.15, -0.1) is 0 Å². The van der Waals surface area contributed by atoms with Crippen molar-refractivity contribution in [1.29, 1.82) is 0 Å². The molecule has 1 unspecified atom stereocenters. The van der Waals surface area contributed by atoms with Gasteiger partial charge in [0.25, 0.3) is 0 Å². The second-order valence-electron chi connectivity index (χ2n) is 6.74. The average Bonchev–Trinajstić information content (AvgIpc) is 3.06. The van der Waals surface area contributed by atoms with Crippen molar-refractivity contribution >= 4 is 23.5 Å². The smallest absolute Gasteiger partial charge is 0.321 e. The Morgan fingerprint density at radius 2 is 1.73 bits per heavy atom. The highest BCUT2D eigenvalue weighted by Crippen LogP contribution is 2.30. The number of nitrogens with zero attached hydrogens (tertiary/aromatic N) is 1. The highest BCUT2D eigenvalue weighted by Gasteiger charge is 2.42. The number of carboxylic acid groups (broad SMARTS) is 1. The molecule has 26 heavy (non-hydrogen) atoms. The van der Waals surface area contributed by atoms with E-state index in [0.29, 0.717) is 29.8 Å². The molecule has 1 heterocycles. The minimum absolute atomic E-state index is 0.124. The molecule has 1 aliphatic heterocycles. The van der Waals surface area contributed by atoms with Gasteiger partial charge >= 0.3 is 12.0 Å². The van der Waals surface area contributed by atoms with Gasteiger partial charge in [-0.2, -0.15) is 0 Å². The van der Waals surface area contributed by atoms with E-state index in [1.807, 2.05) is 6.07 Å². The molecule has 0 aliphatic carbocycles. The van der Waals surface area contributed by atoms with Crippen molar-refractivity contribution in [2.45, 2.75) is 13.3 Å². The summed E-state index contributed by atoms with van der Waals surface area (Å²) in [6, 6.07) is 15.3. The number of hydrogen-bond donors (Lipinski definition) is 2. The molecule has 0 spiro atoms. The van der Waals surface area contributed by atoms with Gasteiger partial charge in [0.2, 0.25) is 0 Å². The molecule has 0 radical (unpaired) electrons. The maximum atomic E-state index is 12.5. The third kappa shape index (κ3) is 3.59.